The molecule has 26 heavy (non-hydrogen) atoms. The van der Waals surface area contributed by atoms with Gasteiger partial charge in [-0.3, -0.25) is 10.3 Å². The van der Waals surface area contributed by atoms with Crippen LogP contribution in [-0.4, -0.2) is 25.8 Å². The largest absolute Gasteiger partial charge is 0.334 e. The maximum atomic E-state index is 12.1. The Balaban J connectivity index is 1.47. The average molecular weight is 344 g/mol. The Labute approximate surface area is 149 Å². The second-order valence-corrected chi connectivity index (χ2v) is 5.68. The molecule has 7 heteroatoms. The molecule has 2 N–H and O–H groups in total. The predicted octanol–water partition coefficient (Wildman–Crippen LogP) is 3.14. The zero-order valence-corrected chi connectivity index (χ0v) is 13.8. The third-order valence-electron chi connectivity index (χ3n) is 3.90. The van der Waals surface area contributed by atoms with Gasteiger partial charge in [-0.2, -0.15) is 5.10 Å². The molecule has 3 aromatic heterocycles. The van der Waals surface area contributed by atoms with E-state index in [1.165, 1.54) is 0 Å². The lowest BCUT2D eigenvalue weighted by Gasteiger charge is -2.07. The topological polar surface area (TPSA) is 84.7 Å². The first-order valence-corrected chi connectivity index (χ1v) is 8.12. The van der Waals surface area contributed by atoms with Gasteiger partial charge < -0.3 is 5.32 Å². The number of benzene rings is 1. The van der Waals surface area contributed by atoms with E-state index in [-0.39, 0.29) is 6.03 Å². The first kappa shape index (κ1) is 15.8. The van der Waals surface area contributed by atoms with E-state index in [1.807, 2.05) is 42.5 Å². The maximum Gasteiger partial charge on any atom is 0.320 e. The fourth-order valence-electron chi connectivity index (χ4n) is 2.62. The molecular weight excluding hydrogens is 328 g/mol. The number of carbonyl (C=O) groups excluding carboxylic acids is 1. The number of carbonyl (C=O) groups is 1. The lowest BCUT2D eigenvalue weighted by molar-refractivity contribution is 0.251. The van der Waals surface area contributed by atoms with Crippen molar-refractivity contribution in [1.82, 2.24) is 25.1 Å². The van der Waals surface area contributed by atoms with Gasteiger partial charge in [-0.05, 0) is 23.8 Å². The highest BCUT2D eigenvalue weighted by atomic mass is 16.2. The molecule has 0 aliphatic heterocycles. The molecule has 0 saturated heterocycles. The molecule has 4 aromatic rings. The van der Waals surface area contributed by atoms with Crippen LogP contribution in [-0.2, 0) is 6.54 Å². The van der Waals surface area contributed by atoms with E-state index < -0.39 is 0 Å². The van der Waals surface area contributed by atoms with Crippen LogP contribution in [0.2, 0.25) is 0 Å². The average Bonchev–Trinajstić information content (AvgIpc) is 3.11. The van der Waals surface area contributed by atoms with Crippen molar-refractivity contribution < 1.29 is 4.79 Å². The Morgan fingerprint density at radius 3 is 2.65 bits per heavy atom. The minimum absolute atomic E-state index is 0.303. The van der Waals surface area contributed by atoms with E-state index >= 15 is 0 Å². The SMILES string of the molecule is O=C(NCc1ccccc1)Nc1cc2cnn(-c3ccncc3)c2cn1. The van der Waals surface area contributed by atoms with E-state index in [0.29, 0.717) is 12.4 Å². The number of fused-ring (bicyclic) bond motifs is 1. The molecule has 4 rings (SSSR count). The first-order chi connectivity index (χ1) is 12.8. The number of urea groups is 1. The summed E-state index contributed by atoms with van der Waals surface area (Å²) in [6.45, 7) is 0.453. The third kappa shape index (κ3) is 3.36. The fourth-order valence-corrected chi connectivity index (χ4v) is 2.62. The molecule has 0 spiro atoms. The summed E-state index contributed by atoms with van der Waals surface area (Å²) in [5.74, 6) is 0.470. The van der Waals surface area contributed by atoms with Crippen LogP contribution in [0.25, 0.3) is 16.6 Å². The van der Waals surface area contributed by atoms with Crippen LogP contribution < -0.4 is 10.6 Å². The summed E-state index contributed by atoms with van der Waals surface area (Å²) in [4.78, 5) is 20.4. The highest BCUT2D eigenvalue weighted by molar-refractivity contribution is 5.91. The summed E-state index contributed by atoms with van der Waals surface area (Å²) in [7, 11) is 0. The molecule has 1 aromatic carbocycles. The van der Waals surface area contributed by atoms with Crippen molar-refractivity contribution in [3.63, 3.8) is 0 Å². The molecule has 0 fully saturated rings. The minimum Gasteiger partial charge on any atom is -0.334 e. The summed E-state index contributed by atoms with van der Waals surface area (Å²) < 4.78 is 1.78. The second kappa shape index (κ2) is 7.02. The van der Waals surface area contributed by atoms with Crippen LogP contribution >= 0.6 is 0 Å². The van der Waals surface area contributed by atoms with Crippen molar-refractivity contribution in [3.8, 4) is 5.69 Å². The van der Waals surface area contributed by atoms with Gasteiger partial charge in [0, 0.05) is 24.3 Å². The molecule has 0 aliphatic carbocycles. The predicted molar refractivity (Wildman–Crippen MR) is 99.0 cm³/mol. The number of rotatable bonds is 4. The zero-order valence-electron chi connectivity index (χ0n) is 13.8. The Hall–Kier alpha value is -3.74. The Morgan fingerprint density at radius 2 is 1.85 bits per heavy atom. The molecule has 0 atom stereocenters. The molecule has 128 valence electrons. The first-order valence-electron chi connectivity index (χ1n) is 8.12. The van der Waals surface area contributed by atoms with Crippen LogP contribution in [0.15, 0.2) is 73.3 Å². The van der Waals surface area contributed by atoms with E-state index in [4.69, 9.17) is 0 Å². The van der Waals surface area contributed by atoms with Crippen molar-refractivity contribution >= 4 is 22.8 Å². The monoisotopic (exact) mass is 344 g/mol. The van der Waals surface area contributed by atoms with Gasteiger partial charge in [0.2, 0.25) is 0 Å². The summed E-state index contributed by atoms with van der Waals surface area (Å²) in [6, 6.07) is 15.0. The molecule has 0 aliphatic rings. The molecule has 3 heterocycles. The molecular formula is C19H16N6O. The summed E-state index contributed by atoms with van der Waals surface area (Å²) in [6.07, 6.45) is 6.85. The zero-order chi connectivity index (χ0) is 17.8. The lowest BCUT2D eigenvalue weighted by atomic mass is 10.2. The number of aromatic nitrogens is 4. The fraction of sp³-hybridized carbons (Fsp3) is 0.0526. The molecule has 0 radical (unpaired) electrons. The Bertz CT molecular complexity index is 1030. The van der Waals surface area contributed by atoms with Crippen LogP contribution in [0, 0.1) is 0 Å². The van der Waals surface area contributed by atoms with Crippen molar-refractivity contribution in [2.24, 2.45) is 0 Å². The molecule has 2 amide bonds. The van der Waals surface area contributed by atoms with Gasteiger partial charge in [-0.15, -0.1) is 0 Å². The van der Waals surface area contributed by atoms with Crippen molar-refractivity contribution in [3.05, 3.63) is 78.9 Å². The van der Waals surface area contributed by atoms with Gasteiger partial charge in [-0.25, -0.2) is 14.5 Å². The Morgan fingerprint density at radius 1 is 1.04 bits per heavy atom. The van der Waals surface area contributed by atoms with Gasteiger partial charge in [0.25, 0.3) is 0 Å². The molecule has 0 unspecified atom stereocenters. The maximum absolute atomic E-state index is 12.1. The van der Waals surface area contributed by atoms with Crippen molar-refractivity contribution in [1.29, 1.82) is 0 Å². The second-order valence-electron chi connectivity index (χ2n) is 5.68. The van der Waals surface area contributed by atoms with Crippen molar-refractivity contribution in [2.45, 2.75) is 6.54 Å². The van der Waals surface area contributed by atoms with Crippen LogP contribution in [0.3, 0.4) is 0 Å². The normalized spacial score (nSPS) is 10.6. The van der Waals surface area contributed by atoms with Gasteiger partial charge in [-0.1, -0.05) is 30.3 Å². The summed E-state index contributed by atoms with van der Waals surface area (Å²) in [5.41, 5.74) is 2.79. The lowest BCUT2D eigenvalue weighted by Crippen LogP contribution is -2.28. The number of nitrogens with one attached hydrogen (secondary N) is 2. The van der Waals surface area contributed by atoms with Gasteiger partial charge >= 0.3 is 6.03 Å². The standard InChI is InChI=1S/C19H16N6O/c26-19(22-11-14-4-2-1-3-5-14)24-18-10-15-12-23-25(17(15)13-21-18)16-6-8-20-9-7-16/h1-10,12-13H,11H2,(H2,21,22,24,26). The number of hydrogen-bond acceptors (Lipinski definition) is 4. The van der Waals surface area contributed by atoms with Gasteiger partial charge in [0.05, 0.1) is 23.6 Å². The number of nitrogens with zero attached hydrogens (tertiary/aromatic N) is 4. The number of anilines is 1. The Kier molecular flexibility index (Phi) is 4.26. The number of hydrogen-bond donors (Lipinski definition) is 2. The minimum atomic E-state index is -0.303. The molecule has 0 bridgehead atoms. The van der Waals surface area contributed by atoms with Crippen LogP contribution in [0.5, 0.6) is 0 Å². The summed E-state index contributed by atoms with van der Waals surface area (Å²) in [5, 5.41) is 10.8. The smallest absolute Gasteiger partial charge is 0.320 e. The third-order valence-corrected chi connectivity index (χ3v) is 3.90. The van der Waals surface area contributed by atoms with Crippen LogP contribution in [0.1, 0.15) is 5.56 Å². The number of pyridine rings is 2. The quantitative estimate of drug-likeness (QED) is 0.596. The van der Waals surface area contributed by atoms with E-state index in [2.05, 4.69) is 25.7 Å². The van der Waals surface area contributed by atoms with Crippen molar-refractivity contribution in [2.75, 3.05) is 5.32 Å². The van der Waals surface area contributed by atoms with Gasteiger partial charge in [0.1, 0.15) is 5.82 Å². The van der Waals surface area contributed by atoms with Crippen LogP contribution in [0.4, 0.5) is 10.6 Å². The number of amides is 2. The van der Waals surface area contributed by atoms with E-state index in [1.54, 1.807) is 35.5 Å². The van der Waals surface area contributed by atoms with E-state index in [9.17, 15) is 4.79 Å². The highest BCUT2D eigenvalue weighted by Gasteiger charge is 2.08. The highest BCUT2D eigenvalue weighted by Crippen LogP contribution is 2.19. The van der Waals surface area contributed by atoms with Gasteiger partial charge in [0.15, 0.2) is 0 Å². The van der Waals surface area contributed by atoms with E-state index in [0.717, 1.165) is 22.2 Å². The molecule has 0 saturated carbocycles. The molecule has 7 nitrogen and oxygen atoms in total. The summed E-state index contributed by atoms with van der Waals surface area (Å²) >= 11 is 0.